The Bertz CT molecular complexity index is 396. The molecule has 1 aromatic carbocycles. The van der Waals surface area contributed by atoms with Gasteiger partial charge in [0, 0.05) is 17.8 Å². The van der Waals surface area contributed by atoms with Crippen LogP contribution in [0.3, 0.4) is 0 Å². The molecule has 0 amide bonds. The maximum Gasteiger partial charge on any atom is 0.0373 e. The van der Waals surface area contributed by atoms with Gasteiger partial charge in [0.15, 0.2) is 0 Å². The fraction of sp³-hybridized carbons (Fsp3) is 0.600. The second kappa shape index (κ2) is 4.69. The van der Waals surface area contributed by atoms with Crippen LogP contribution in [0.4, 0.5) is 5.69 Å². The molecule has 0 aromatic heterocycles. The van der Waals surface area contributed by atoms with Crippen LogP contribution in [0.1, 0.15) is 37.8 Å². The van der Waals surface area contributed by atoms with Crippen molar-refractivity contribution in [3.05, 3.63) is 29.3 Å². The molecule has 0 unspecified atom stereocenters. The number of aryl methyl sites for hydroxylation is 1. The van der Waals surface area contributed by atoms with Gasteiger partial charge in [-0.25, -0.2) is 0 Å². The van der Waals surface area contributed by atoms with E-state index in [1.807, 2.05) is 0 Å². The molecule has 94 valence electrons. The largest absolute Gasteiger partial charge is 0.366 e. The van der Waals surface area contributed by atoms with Gasteiger partial charge >= 0.3 is 0 Å². The number of anilines is 1. The number of nitrogens with two attached hydrogens (primary N) is 1. The Morgan fingerprint density at radius 2 is 2.12 bits per heavy atom. The summed E-state index contributed by atoms with van der Waals surface area (Å²) in [5, 5.41) is 0. The van der Waals surface area contributed by atoms with Gasteiger partial charge in [-0.3, -0.25) is 0 Å². The van der Waals surface area contributed by atoms with Gasteiger partial charge in [0.05, 0.1) is 0 Å². The lowest BCUT2D eigenvalue weighted by atomic mass is 10.00. The first-order valence-corrected chi connectivity index (χ1v) is 6.62. The molecule has 0 spiro atoms. The van der Waals surface area contributed by atoms with Gasteiger partial charge in [-0.2, -0.15) is 0 Å². The Morgan fingerprint density at radius 1 is 1.35 bits per heavy atom. The van der Waals surface area contributed by atoms with Crippen molar-refractivity contribution in [3.63, 3.8) is 0 Å². The van der Waals surface area contributed by atoms with Crippen LogP contribution in [0.5, 0.6) is 0 Å². The number of benzene rings is 1. The molecular formula is C15H24N2. The maximum absolute atomic E-state index is 5.62. The summed E-state index contributed by atoms with van der Waals surface area (Å²) in [7, 11) is 0. The summed E-state index contributed by atoms with van der Waals surface area (Å²) in [5.74, 6) is 0. The fourth-order valence-corrected chi connectivity index (χ4v) is 2.87. The standard InChI is InChI=1S/C15H24N2/c1-12-11-14(6-5-13(12)7-9-16)17-10-4-8-15(17,2)3/h5-6,11H,4,7-10,16H2,1-3H3. The maximum atomic E-state index is 5.62. The minimum Gasteiger partial charge on any atom is -0.366 e. The van der Waals surface area contributed by atoms with E-state index in [0.717, 1.165) is 13.0 Å². The molecule has 2 nitrogen and oxygen atoms in total. The van der Waals surface area contributed by atoms with Crippen LogP contribution in [0, 0.1) is 6.92 Å². The molecule has 0 aliphatic carbocycles. The van der Waals surface area contributed by atoms with E-state index in [9.17, 15) is 0 Å². The number of hydrogen-bond donors (Lipinski definition) is 1. The van der Waals surface area contributed by atoms with Gasteiger partial charge in [0.1, 0.15) is 0 Å². The minimum absolute atomic E-state index is 0.307. The predicted octanol–water partition coefficient (Wildman–Crippen LogP) is 2.88. The molecule has 1 fully saturated rings. The van der Waals surface area contributed by atoms with Crippen LogP contribution >= 0.6 is 0 Å². The molecule has 0 radical (unpaired) electrons. The lowest BCUT2D eigenvalue weighted by Crippen LogP contribution is -2.38. The Hall–Kier alpha value is -1.02. The number of hydrogen-bond acceptors (Lipinski definition) is 2. The van der Waals surface area contributed by atoms with Crippen LogP contribution in [0.25, 0.3) is 0 Å². The van der Waals surface area contributed by atoms with E-state index < -0.39 is 0 Å². The Labute approximate surface area is 105 Å². The van der Waals surface area contributed by atoms with Crippen LogP contribution in [0.2, 0.25) is 0 Å². The zero-order valence-corrected chi connectivity index (χ0v) is 11.3. The zero-order valence-electron chi connectivity index (χ0n) is 11.3. The molecular weight excluding hydrogens is 208 g/mol. The van der Waals surface area contributed by atoms with Crippen LogP contribution in [-0.4, -0.2) is 18.6 Å². The van der Waals surface area contributed by atoms with Crippen LogP contribution in [-0.2, 0) is 6.42 Å². The monoisotopic (exact) mass is 232 g/mol. The first-order chi connectivity index (χ1) is 8.04. The minimum atomic E-state index is 0.307. The van der Waals surface area contributed by atoms with Gasteiger partial charge in [-0.15, -0.1) is 0 Å². The van der Waals surface area contributed by atoms with Gasteiger partial charge in [0.2, 0.25) is 0 Å². The van der Waals surface area contributed by atoms with E-state index in [1.54, 1.807) is 0 Å². The third-order valence-electron chi connectivity index (χ3n) is 3.95. The van der Waals surface area contributed by atoms with Crippen molar-refractivity contribution in [1.82, 2.24) is 0 Å². The van der Waals surface area contributed by atoms with Gasteiger partial charge < -0.3 is 10.6 Å². The summed E-state index contributed by atoms with van der Waals surface area (Å²) in [4.78, 5) is 2.53. The summed E-state index contributed by atoms with van der Waals surface area (Å²) in [6.45, 7) is 8.78. The Morgan fingerprint density at radius 3 is 2.65 bits per heavy atom. The van der Waals surface area contributed by atoms with E-state index in [1.165, 1.54) is 36.2 Å². The number of rotatable bonds is 3. The lowest BCUT2D eigenvalue weighted by molar-refractivity contribution is 0.518. The predicted molar refractivity (Wildman–Crippen MR) is 74.6 cm³/mol. The smallest absolute Gasteiger partial charge is 0.0373 e. The molecule has 2 heteroatoms. The van der Waals surface area contributed by atoms with E-state index in [4.69, 9.17) is 5.73 Å². The summed E-state index contributed by atoms with van der Waals surface area (Å²) < 4.78 is 0. The second-order valence-electron chi connectivity index (χ2n) is 5.72. The van der Waals surface area contributed by atoms with Gasteiger partial charge in [0.25, 0.3) is 0 Å². The van der Waals surface area contributed by atoms with Crippen molar-refractivity contribution in [2.75, 3.05) is 18.0 Å². The molecule has 17 heavy (non-hydrogen) atoms. The van der Waals surface area contributed by atoms with Gasteiger partial charge in [-0.1, -0.05) is 6.07 Å². The normalized spacial score (nSPS) is 18.7. The second-order valence-corrected chi connectivity index (χ2v) is 5.72. The lowest BCUT2D eigenvalue weighted by Gasteiger charge is -2.34. The topological polar surface area (TPSA) is 29.3 Å². The fourth-order valence-electron chi connectivity index (χ4n) is 2.87. The molecule has 1 heterocycles. The van der Waals surface area contributed by atoms with Gasteiger partial charge in [-0.05, 0) is 69.8 Å². The van der Waals surface area contributed by atoms with E-state index in [2.05, 4.69) is 43.9 Å². The summed E-state index contributed by atoms with van der Waals surface area (Å²) in [6, 6.07) is 6.81. The molecule has 1 saturated heterocycles. The van der Waals surface area contributed by atoms with Crippen molar-refractivity contribution in [2.45, 2.75) is 45.6 Å². The van der Waals surface area contributed by atoms with E-state index >= 15 is 0 Å². The average Bonchev–Trinajstić information content (AvgIpc) is 2.61. The first-order valence-electron chi connectivity index (χ1n) is 6.62. The van der Waals surface area contributed by atoms with Crippen molar-refractivity contribution in [2.24, 2.45) is 5.73 Å². The average molecular weight is 232 g/mol. The van der Waals surface area contributed by atoms with Crippen molar-refractivity contribution < 1.29 is 0 Å². The Balaban J connectivity index is 2.25. The molecule has 0 atom stereocenters. The SMILES string of the molecule is Cc1cc(N2CCCC2(C)C)ccc1CCN. The third-order valence-corrected chi connectivity index (χ3v) is 3.95. The van der Waals surface area contributed by atoms with Crippen LogP contribution < -0.4 is 10.6 Å². The Kier molecular flexibility index (Phi) is 3.43. The molecule has 0 saturated carbocycles. The highest BCUT2D eigenvalue weighted by molar-refractivity contribution is 5.53. The zero-order chi connectivity index (χ0) is 12.5. The molecule has 2 rings (SSSR count). The molecule has 0 bridgehead atoms. The van der Waals surface area contributed by atoms with E-state index in [-0.39, 0.29) is 0 Å². The highest BCUT2D eigenvalue weighted by Crippen LogP contribution is 2.34. The van der Waals surface area contributed by atoms with Crippen LogP contribution in [0.15, 0.2) is 18.2 Å². The summed E-state index contributed by atoms with van der Waals surface area (Å²) >= 11 is 0. The highest BCUT2D eigenvalue weighted by Gasteiger charge is 2.31. The highest BCUT2D eigenvalue weighted by atomic mass is 15.2. The quantitative estimate of drug-likeness (QED) is 0.868. The third kappa shape index (κ3) is 2.47. The summed E-state index contributed by atoms with van der Waals surface area (Å²) in [6.07, 6.45) is 3.57. The van der Waals surface area contributed by atoms with Crippen molar-refractivity contribution >= 4 is 5.69 Å². The van der Waals surface area contributed by atoms with Crippen molar-refractivity contribution in [3.8, 4) is 0 Å². The molecule has 1 aliphatic heterocycles. The molecule has 1 aliphatic rings. The summed E-state index contributed by atoms with van der Waals surface area (Å²) in [5.41, 5.74) is 10.0. The molecule has 1 aromatic rings. The van der Waals surface area contributed by atoms with Crippen molar-refractivity contribution in [1.29, 1.82) is 0 Å². The first kappa shape index (κ1) is 12.4. The number of nitrogens with zero attached hydrogens (tertiary/aromatic N) is 1. The van der Waals surface area contributed by atoms with E-state index in [0.29, 0.717) is 5.54 Å². The molecule has 2 N–H and O–H groups in total.